The molecule has 136 valence electrons. The smallest absolute Gasteiger partial charge is 0.317 e. The van der Waals surface area contributed by atoms with E-state index in [1.54, 1.807) is 6.07 Å². The van der Waals surface area contributed by atoms with Crippen LogP contribution in [0.5, 0.6) is 0 Å². The highest BCUT2D eigenvalue weighted by Crippen LogP contribution is 2.33. The Balaban J connectivity index is 1.36. The summed E-state index contributed by atoms with van der Waals surface area (Å²) in [6, 6.07) is 3.95. The maximum absolute atomic E-state index is 12.0. The Kier molecular flexibility index (Phi) is 5.86. The zero-order chi connectivity index (χ0) is 17.8. The summed E-state index contributed by atoms with van der Waals surface area (Å²) in [5, 5.41) is 13.9. The van der Waals surface area contributed by atoms with Crippen LogP contribution in [0.15, 0.2) is 17.5 Å². The van der Waals surface area contributed by atoms with Crippen molar-refractivity contribution in [2.24, 2.45) is 5.92 Å². The van der Waals surface area contributed by atoms with Crippen molar-refractivity contribution in [2.75, 3.05) is 13.1 Å². The van der Waals surface area contributed by atoms with Gasteiger partial charge in [-0.05, 0) is 43.0 Å². The molecule has 1 aromatic rings. The molecule has 3 rings (SSSR count). The van der Waals surface area contributed by atoms with Crippen LogP contribution in [0.2, 0.25) is 0 Å². The van der Waals surface area contributed by atoms with Gasteiger partial charge in [0.05, 0.1) is 11.4 Å². The predicted octanol–water partition coefficient (Wildman–Crippen LogP) is 2.15. The Labute approximate surface area is 151 Å². The van der Waals surface area contributed by atoms with Gasteiger partial charge in [0.2, 0.25) is 5.91 Å². The van der Waals surface area contributed by atoms with E-state index in [1.165, 1.54) is 24.2 Å². The van der Waals surface area contributed by atoms with E-state index in [0.29, 0.717) is 10.8 Å². The van der Waals surface area contributed by atoms with Crippen molar-refractivity contribution in [3.05, 3.63) is 22.4 Å². The molecule has 0 aliphatic heterocycles. The van der Waals surface area contributed by atoms with Gasteiger partial charge in [0.1, 0.15) is 0 Å². The lowest BCUT2D eigenvalue weighted by molar-refractivity contribution is -0.140. The van der Waals surface area contributed by atoms with Crippen LogP contribution in [0.4, 0.5) is 0 Å². The molecule has 2 aliphatic carbocycles. The van der Waals surface area contributed by atoms with Gasteiger partial charge < -0.3 is 10.4 Å². The molecule has 2 saturated carbocycles. The first-order valence-corrected chi connectivity index (χ1v) is 9.71. The van der Waals surface area contributed by atoms with Crippen LogP contribution in [0.1, 0.15) is 48.2 Å². The van der Waals surface area contributed by atoms with Gasteiger partial charge in [0.25, 0.3) is 0 Å². The maximum atomic E-state index is 12.0. The van der Waals surface area contributed by atoms with Crippen LogP contribution in [-0.4, -0.2) is 52.8 Å². The fourth-order valence-corrected chi connectivity index (χ4v) is 3.93. The topological polar surface area (TPSA) is 86.7 Å². The molecule has 25 heavy (non-hydrogen) atoms. The average Bonchev–Trinajstić information content (AvgIpc) is 3.16. The van der Waals surface area contributed by atoms with Gasteiger partial charge in [-0.25, -0.2) is 0 Å². The number of rotatable bonds is 10. The number of ketones is 1. The number of carbonyl (C=O) groups is 3. The number of thiophene rings is 1. The molecule has 1 amide bonds. The monoisotopic (exact) mass is 364 g/mol. The Morgan fingerprint density at radius 3 is 2.60 bits per heavy atom. The largest absolute Gasteiger partial charge is 0.480 e. The third-order valence-electron chi connectivity index (χ3n) is 4.90. The Bertz CT molecular complexity index is 621. The molecule has 1 aromatic heterocycles. The molecular weight excluding hydrogens is 340 g/mol. The van der Waals surface area contributed by atoms with E-state index < -0.39 is 5.97 Å². The minimum Gasteiger partial charge on any atom is -0.480 e. The van der Waals surface area contributed by atoms with E-state index in [1.807, 2.05) is 16.3 Å². The second kappa shape index (κ2) is 8.10. The van der Waals surface area contributed by atoms with Crippen LogP contribution < -0.4 is 5.32 Å². The van der Waals surface area contributed by atoms with Gasteiger partial charge in [-0.3, -0.25) is 19.3 Å². The number of aliphatic carboxylic acids is 1. The van der Waals surface area contributed by atoms with E-state index >= 15 is 0 Å². The second-order valence-corrected chi connectivity index (χ2v) is 8.00. The maximum Gasteiger partial charge on any atom is 0.317 e. The standard InChI is InChI=1S/C18H24N2O4S/c21-15(16-2-1-7-25-16)5-6-17(22)19-13-8-14(9-13)20(11-18(23)24)10-12-3-4-12/h1-2,7,12-14H,3-6,8-11H2,(H,19,22)(H,23,24). The fourth-order valence-electron chi connectivity index (χ4n) is 3.24. The highest BCUT2D eigenvalue weighted by molar-refractivity contribution is 7.12. The van der Waals surface area contributed by atoms with Gasteiger partial charge >= 0.3 is 5.97 Å². The van der Waals surface area contributed by atoms with Crippen molar-refractivity contribution in [3.63, 3.8) is 0 Å². The fraction of sp³-hybridized carbons (Fsp3) is 0.611. The number of Topliss-reactive ketones (excluding diaryl/α,β-unsaturated/α-hetero) is 1. The van der Waals surface area contributed by atoms with Crippen LogP contribution in [0.25, 0.3) is 0 Å². The molecular formula is C18H24N2O4S. The van der Waals surface area contributed by atoms with Crippen molar-refractivity contribution < 1.29 is 19.5 Å². The molecule has 0 bridgehead atoms. The van der Waals surface area contributed by atoms with Crippen molar-refractivity contribution in [1.82, 2.24) is 10.2 Å². The van der Waals surface area contributed by atoms with Crippen LogP contribution in [0.3, 0.4) is 0 Å². The van der Waals surface area contributed by atoms with Crippen molar-refractivity contribution in [3.8, 4) is 0 Å². The molecule has 0 aromatic carbocycles. The average molecular weight is 364 g/mol. The first kappa shape index (κ1) is 18.1. The number of hydrogen-bond acceptors (Lipinski definition) is 5. The summed E-state index contributed by atoms with van der Waals surface area (Å²) in [6.07, 6.45) is 4.42. The van der Waals surface area contributed by atoms with Crippen LogP contribution in [0, 0.1) is 5.92 Å². The van der Waals surface area contributed by atoms with E-state index in [4.69, 9.17) is 5.11 Å². The molecule has 1 heterocycles. The van der Waals surface area contributed by atoms with E-state index in [9.17, 15) is 14.4 Å². The normalized spacial score (nSPS) is 22.4. The number of amides is 1. The summed E-state index contributed by atoms with van der Waals surface area (Å²) in [5.74, 6) is -0.231. The summed E-state index contributed by atoms with van der Waals surface area (Å²) in [5.41, 5.74) is 0. The minimum absolute atomic E-state index is 0.00806. The third-order valence-corrected chi connectivity index (χ3v) is 5.81. The Morgan fingerprint density at radius 2 is 2.00 bits per heavy atom. The molecule has 2 aliphatic rings. The molecule has 0 atom stereocenters. The lowest BCUT2D eigenvalue weighted by Gasteiger charge is -2.42. The van der Waals surface area contributed by atoms with Gasteiger partial charge in [-0.1, -0.05) is 6.07 Å². The first-order valence-electron chi connectivity index (χ1n) is 8.83. The number of hydrogen-bond donors (Lipinski definition) is 2. The van der Waals surface area contributed by atoms with Gasteiger partial charge in [0.15, 0.2) is 5.78 Å². The molecule has 6 nitrogen and oxygen atoms in total. The number of carbonyl (C=O) groups excluding carboxylic acids is 2. The quantitative estimate of drug-likeness (QED) is 0.621. The van der Waals surface area contributed by atoms with Crippen molar-refractivity contribution in [1.29, 1.82) is 0 Å². The van der Waals surface area contributed by atoms with Crippen LogP contribution in [-0.2, 0) is 9.59 Å². The highest BCUT2D eigenvalue weighted by atomic mass is 32.1. The summed E-state index contributed by atoms with van der Waals surface area (Å²) < 4.78 is 0. The lowest BCUT2D eigenvalue weighted by atomic mass is 9.85. The lowest BCUT2D eigenvalue weighted by Crippen LogP contribution is -2.55. The van der Waals surface area contributed by atoms with E-state index in [-0.39, 0.29) is 43.2 Å². The van der Waals surface area contributed by atoms with Gasteiger partial charge in [-0.2, -0.15) is 0 Å². The van der Waals surface area contributed by atoms with E-state index in [2.05, 4.69) is 5.32 Å². The van der Waals surface area contributed by atoms with E-state index in [0.717, 1.165) is 19.4 Å². The number of nitrogens with one attached hydrogen (secondary N) is 1. The van der Waals surface area contributed by atoms with Gasteiger partial charge in [0, 0.05) is 31.5 Å². The molecule has 2 N–H and O–H groups in total. The molecule has 0 unspecified atom stereocenters. The Hall–Kier alpha value is -1.73. The number of carboxylic acids is 1. The summed E-state index contributed by atoms with van der Waals surface area (Å²) in [6.45, 7) is 0.935. The Morgan fingerprint density at radius 1 is 1.24 bits per heavy atom. The summed E-state index contributed by atoms with van der Waals surface area (Å²) >= 11 is 1.40. The van der Waals surface area contributed by atoms with Crippen molar-refractivity contribution >= 4 is 29.0 Å². The first-order chi connectivity index (χ1) is 12.0. The van der Waals surface area contributed by atoms with Gasteiger partial charge in [-0.15, -0.1) is 11.3 Å². The highest BCUT2D eigenvalue weighted by Gasteiger charge is 2.37. The predicted molar refractivity (Wildman–Crippen MR) is 94.8 cm³/mol. The summed E-state index contributed by atoms with van der Waals surface area (Å²) in [4.78, 5) is 37.7. The van der Waals surface area contributed by atoms with Crippen molar-refractivity contribution in [2.45, 2.75) is 50.6 Å². The number of nitrogens with zero attached hydrogens (tertiary/aromatic N) is 1. The molecule has 0 saturated heterocycles. The minimum atomic E-state index is -0.791. The molecule has 2 fully saturated rings. The number of carboxylic acid groups (broad SMARTS) is 1. The molecule has 7 heteroatoms. The second-order valence-electron chi connectivity index (χ2n) is 7.06. The SMILES string of the molecule is O=C(O)CN(CC1CC1)C1CC(NC(=O)CCC(=O)c2cccs2)C1. The summed E-state index contributed by atoms with van der Waals surface area (Å²) in [7, 11) is 0. The zero-order valence-corrected chi connectivity index (χ0v) is 15.0. The molecule has 0 spiro atoms. The molecule has 0 radical (unpaired) electrons. The zero-order valence-electron chi connectivity index (χ0n) is 14.1. The van der Waals surface area contributed by atoms with Crippen LogP contribution >= 0.6 is 11.3 Å². The third kappa shape index (κ3) is 5.37.